The molecule has 2 rings (SSSR count). The highest BCUT2D eigenvalue weighted by molar-refractivity contribution is 5.83. The van der Waals surface area contributed by atoms with Crippen molar-refractivity contribution in [2.45, 2.75) is 26.2 Å². The summed E-state index contributed by atoms with van der Waals surface area (Å²) in [6, 6.07) is 14.7. The Balaban J connectivity index is 1.72. The van der Waals surface area contributed by atoms with Gasteiger partial charge >= 0.3 is 0 Å². The lowest BCUT2D eigenvalue weighted by molar-refractivity contribution is 0.305. The van der Waals surface area contributed by atoms with Crippen LogP contribution in [0, 0.1) is 0 Å². The number of rotatable bonds is 8. The Labute approximate surface area is 115 Å². The maximum absolute atomic E-state index is 5.80. The summed E-state index contributed by atoms with van der Waals surface area (Å²) in [5.74, 6) is 0.977. The molecule has 0 unspecified atom stereocenters. The highest BCUT2D eigenvalue weighted by Crippen LogP contribution is 2.20. The van der Waals surface area contributed by atoms with Crippen molar-refractivity contribution in [2.75, 3.05) is 19.7 Å². The monoisotopic (exact) mass is 257 g/mol. The van der Waals surface area contributed by atoms with Crippen molar-refractivity contribution in [3.63, 3.8) is 0 Å². The third kappa shape index (κ3) is 4.56. The number of hydrogen-bond donors (Lipinski definition) is 1. The molecular weight excluding hydrogens is 234 g/mol. The van der Waals surface area contributed by atoms with Crippen LogP contribution in [0.1, 0.15) is 26.2 Å². The van der Waals surface area contributed by atoms with Gasteiger partial charge in [0.2, 0.25) is 0 Å². The van der Waals surface area contributed by atoms with Crippen LogP contribution in [0.5, 0.6) is 5.75 Å². The van der Waals surface area contributed by atoms with Crippen molar-refractivity contribution in [3.8, 4) is 5.75 Å². The number of ether oxygens (including phenoxy) is 1. The highest BCUT2D eigenvalue weighted by atomic mass is 16.5. The van der Waals surface area contributed by atoms with E-state index in [9.17, 15) is 0 Å². The molecule has 2 aromatic rings. The minimum absolute atomic E-state index is 0.810. The molecule has 0 amide bonds. The molecule has 0 spiro atoms. The third-order valence-electron chi connectivity index (χ3n) is 3.24. The molecule has 1 N–H and O–H groups in total. The third-order valence-corrected chi connectivity index (χ3v) is 3.24. The summed E-state index contributed by atoms with van der Waals surface area (Å²) >= 11 is 0. The van der Waals surface area contributed by atoms with Gasteiger partial charge in [-0.05, 0) is 55.3 Å². The van der Waals surface area contributed by atoms with Gasteiger partial charge in [-0.2, -0.15) is 0 Å². The molecule has 0 aromatic heterocycles. The van der Waals surface area contributed by atoms with E-state index in [2.05, 4.69) is 54.7 Å². The van der Waals surface area contributed by atoms with Gasteiger partial charge in [0.1, 0.15) is 5.75 Å². The summed E-state index contributed by atoms with van der Waals surface area (Å²) in [6.07, 6.45) is 3.58. The molecule has 0 aliphatic heterocycles. The molecule has 0 aliphatic rings. The fourth-order valence-corrected chi connectivity index (χ4v) is 2.15. The Kier molecular flexibility index (Phi) is 5.70. The average molecular weight is 257 g/mol. The van der Waals surface area contributed by atoms with E-state index >= 15 is 0 Å². The molecule has 0 saturated carbocycles. The van der Waals surface area contributed by atoms with E-state index in [1.807, 2.05) is 0 Å². The molecule has 2 aromatic carbocycles. The Hall–Kier alpha value is -1.54. The molecule has 0 fully saturated rings. The molecular formula is C17H23NO. The number of benzene rings is 2. The summed E-state index contributed by atoms with van der Waals surface area (Å²) < 4.78 is 5.80. The second kappa shape index (κ2) is 7.80. The van der Waals surface area contributed by atoms with Crippen LogP contribution in [0.4, 0.5) is 0 Å². The maximum atomic E-state index is 5.80. The zero-order chi connectivity index (χ0) is 13.3. The van der Waals surface area contributed by atoms with E-state index in [-0.39, 0.29) is 0 Å². The van der Waals surface area contributed by atoms with Crippen LogP contribution < -0.4 is 10.1 Å². The highest BCUT2D eigenvalue weighted by Gasteiger charge is 1.97. The Morgan fingerprint density at radius 3 is 2.63 bits per heavy atom. The van der Waals surface area contributed by atoms with Crippen LogP contribution in [0.15, 0.2) is 42.5 Å². The van der Waals surface area contributed by atoms with Crippen LogP contribution in [0.2, 0.25) is 0 Å². The van der Waals surface area contributed by atoms with Crippen molar-refractivity contribution in [1.29, 1.82) is 0 Å². The lowest BCUT2D eigenvalue weighted by atomic mass is 10.1. The largest absolute Gasteiger partial charge is 0.494 e. The smallest absolute Gasteiger partial charge is 0.119 e. The van der Waals surface area contributed by atoms with E-state index in [0.717, 1.165) is 31.9 Å². The molecule has 0 saturated heterocycles. The lowest BCUT2D eigenvalue weighted by Crippen LogP contribution is -2.14. The van der Waals surface area contributed by atoms with E-state index < -0.39 is 0 Å². The van der Waals surface area contributed by atoms with Gasteiger partial charge in [-0.25, -0.2) is 0 Å². The minimum Gasteiger partial charge on any atom is -0.494 e. The van der Waals surface area contributed by atoms with E-state index in [1.165, 1.54) is 23.6 Å². The summed E-state index contributed by atoms with van der Waals surface area (Å²) in [7, 11) is 0. The molecule has 0 atom stereocenters. The molecule has 0 radical (unpaired) electrons. The predicted octanol–water partition coefficient (Wildman–Crippen LogP) is 4.00. The number of fused-ring (bicyclic) bond motifs is 1. The van der Waals surface area contributed by atoms with Crippen LogP contribution in [-0.2, 0) is 0 Å². The fourth-order valence-electron chi connectivity index (χ4n) is 2.15. The van der Waals surface area contributed by atoms with Gasteiger partial charge in [-0.3, -0.25) is 0 Å². The standard InChI is InChI=1S/C17H23NO/c1-2-18-12-6-3-7-13-19-17-11-10-15-8-4-5-9-16(15)14-17/h4-5,8-11,14,18H,2-3,6-7,12-13H2,1H3. The SMILES string of the molecule is CCNCCCCCOc1ccc2ccccc2c1. The first-order chi connectivity index (χ1) is 9.40. The van der Waals surface area contributed by atoms with Crippen LogP contribution in [0.25, 0.3) is 10.8 Å². The average Bonchev–Trinajstić information content (AvgIpc) is 2.46. The number of unbranched alkanes of at least 4 members (excludes halogenated alkanes) is 2. The normalized spacial score (nSPS) is 10.8. The Bertz CT molecular complexity index is 495. The molecule has 2 heteroatoms. The Morgan fingerprint density at radius 1 is 0.947 bits per heavy atom. The molecule has 0 heterocycles. The predicted molar refractivity (Wildman–Crippen MR) is 81.8 cm³/mol. The molecule has 0 aliphatic carbocycles. The zero-order valence-corrected chi connectivity index (χ0v) is 11.7. The van der Waals surface area contributed by atoms with E-state index in [4.69, 9.17) is 4.74 Å². The van der Waals surface area contributed by atoms with Crippen LogP contribution in [0.3, 0.4) is 0 Å². The fraction of sp³-hybridized carbons (Fsp3) is 0.412. The number of nitrogens with one attached hydrogen (secondary N) is 1. The van der Waals surface area contributed by atoms with Gasteiger partial charge in [0.25, 0.3) is 0 Å². The summed E-state index contributed by atoms with van der Waals surface area (Å²) in [5.41, 5.74) is 0. The number of hydrogen-bond acceptors (Lipinski definition) is 2. The summed E-state index contributed by atoms with van der Waals surface area (Å²) in [5, 5.41) is 5.84. The summed E-state index contributed by atoms with van der Waals surface area (Å²) in [6.45, 7) is 5.13. The second-order valence-corrected chi connectivity index (χ2v) is 4.77. The molecule has 2 nitrogen and oxygen atoms in total. The van der Waals surface area contributed by atoms with Crippen molar-refractivity contribution >= 4 is 10.8 Å². The van der Waals surface area contributed by atoms with Gasteiger partial charge in [0.15, 0.2) is 0 Å². The second-order valence-electron chi connectivity index (χ2n) is 4.77. The van der Waals surface area contributed by atoms with Crippen LogP contribution >= 0.6 is 0 Å². The quantitative estimate of drug-likeness (QED) is 0.722. The van der Waals surface area contributed by atoms with E-state index in [0.29, 0.717) is 0 Å². The molecule has 19 heavy (non-hydrogen) atoms. The first-order valence-electron chi connectivity index (χ1n) is 7.22. The van der Waals surface area contributed by atoms with Crippen molar-refractivity contribution < 1.29 is 4.74 Å². The van der Waals surface area contributed by atoms with Crippen LogP contribution in [-0.4, -0.2) is 19.7 Å². The van der Waals surface area contributed by atoms with Crippen molar-refractivity contribution in [3.05, 3.63) is 42.5 Å². The van der Waals surface area contributed by atoms with Gasteiger partial charge in [0.05, 0.1) is 6.61 Å². The minimum atomic E-state index is 0.810. The van der Waals surface area contributed by atoms with Crippen molar-refractivity contribution in [1.82, 2.24) is 5.32 Å². The molecule has 0 bridgehead atoms. The van der Waals surface area contributed by atoms with Gasteiger partial charge < -0.3 is 10.1 Å². The molecule has 102 valence electrons. The van der Waals surface area contributed by atoms with Gasteiger partial charge in [-0.1, -0.05) is 37.3 Å². The topological polar surface area (TPSA) is 21.3 Å². The lowest BCUT2D eigenvalue weighted by Gasteiger charge is -2.07. The summed E-state index contributed by atoms with van der Waals surface area (Å²) in [4.78, 5) is 0. The maximum Gasteiger partial charge on any atom is 0.119 e. The van der Waals surface area contributed by atoms with Gasteiger partial charge in [0, 0.05) is 0 Å². The Morgan fingerprint density at radius 2 is 1.79 bits per heavy atom. The van der Waals surface area contributed by atoms with Crippen molar-refractivity contribution in [2.24, 2.45) is 0 Å². The first kappa shape index (κ1) is 13.9. The van der Waals surface area contributed by atoms with E-state index in [1.54, 1.807) is 0 Å². The first-order valence-corrected chi connectivity index (χ1v) is 7.22. The van der Waals surface area contributed by atoms with Gasteiger partial charge in [-0.15, -0.1) is 0 Å². The zero-order valence-electron chi connectivity index (χ0n) is 11.7.